The fraction of sp³-hybridized carbons (Fsp3) is 0.474. The molecule has 1 aliphatic heterocycles. The van der Waals surface area contributed by atoms with Crippen molar-refractivity contribution < 1.29 is 9.32 Å². The third-order valence-corrected chi connectivity index (χ3v) is 4.63. The lowest BCUT2D eigenvalue weighted by atomic mass is 10.2. The van der Waals surface area contributed by atoms with Crippen molar-refractivity contribution >= 4 is 6.03 Å². The van der Waals surface area contributed by atoms with Gasteiger partial charge in [-0.2, -0.15) is 0 Å². The molecule has 2 amide bonds. The molecule has 0 aliphatic carbocycles. The number of benzene rings is 1. The van der Waals surface area contributed by atoms with Gasteiger partial charge in [0.15, 0.2) is 5.76 Å². The van der Waals surface area contributed by atoms with E-state index in [1.54, 1.807) is 0 Å². The van der Waals surface area contributed by atoms with Gasteiger partial charge in [-0.1, -0.05) is 35.5 Å². The van der Waals surface area contributed by atoms with Crippen LogP contribution in [0.25, 0.3) is 0 Å². The molecule has 0 radical (unpaired) electrons. The number of rotatable bonds is 6. The summed E-state index contributed by atoms with van der Waals surface area (Å²) >= 11 is 0. The second-order valence-electron chi connectivity index (χ2n) is 6.54. The van der Waals surface area contributed by atoms with Crippen molar-refractivity contribution in [1.82, 2.24) is 20.3 Å². The van der Waals surface area contributed by atoms with Crippen molar-refractivity contribution in [3.8, 4) is 0 Å². The summed E-state index contributed by atoms with van der Waals surface area (Å²) in [6.45, 7) is 7.84. The number of carbonyl (C=O) groups excluding carboxylic acids is 1. The minimum absolute atomic E-state index is 0.0388. The van der Waals surface area contributed by atoms with E-state index in [0.29, 0.717) is 18.8 Å². The van der Waals surface area contributed by atoms with Crippen LogP contribution in [0, 0.1) is 6.92 Å². The van der Waals surface area contributed by atoms with Crippen LogP contribution in [-0.4, -0.2) is 46.7 Å². The Balaban J connectivity index is 1.51. The van der Waals surface area contributed by atoms with Crippen molar-refractivity contribution in [3.63, 3.8) is 0 Å². The number of likely N-dealkylation sites (N-methyl/N-ethyl adjacent to an activating group) is 1. The number of nitrogens with one attached hydrogen (secondary N) is 1. The van der Waals surface area contributed by atoms with Crippen LogP contribution in [0.4, 0.5) is 4.79 Å². The van der Waals surface area contributed by atoms with Crippen molar-refractivity contribution in [2.24, 2.45) is 0 Å². The van der Waals surface area contributed by atoms with E-state index >= 15 is 0 Å². The first-order valence-electron chi connectivity index (χ1n) is 8.88. The fourth-order valence-corrected chi connectivity index (χ4v) is 3.38. The number of aryl methyl sites for hydroxylation is 1. The number of amides is 2. The predicted octanol–water partition coefficient (Wildman–Crippen LogP) is 2.79. The van der Waals surface area contributed by atoms with Crippen LogP contribution in [0.3, 0.4) is 0 Å². The highest BCUT2D eigenvalue weighted by Gasteiger charge is 2.29. The lowest BCUT2D eigenvalue weighted by Crippen LogP contribution is -2.46. The summed E-state index contributed by atoms with van der Waals surface area (Å²) in [7, 11) is 0. The van der Waals surface area contributed by atoms with Gasteiger partial charge in [-0.3, -0.25) is 4.90 Å². The zero-order valence-electron chi connectivity index (χ0n) is 14.9. The summed E-state index contributed by atoms with van der Waals surface area (Å²) in [5.74, 6) is 0.680. The fourth-order valence-electron chi connectivity index (χ4n) is 3.38. The number of hydrogen-bond donors (Lipinski definition) is 1. The molecular weight excluding hydrogens is 316 g/mol. The highest BCUT2D eigenvalue weighted by Crippen LogP contribution is 2.18. The van der Waals surface area contributed by atoms with Gasteiger partial charge in [-0.05, 0) is 25.8 Å². The Bertz CT molecular complexity index is 686. The number of nitrogens with zero attached hydrogens (tertiary/aromatic N) is 3. The van der Waals surface area contributed by atoms with Crippen molar-refractivity contribution in [2.75, 3.05) is 19.6 Å². The molecule has 0 bridgehead atoms. The molecule has 25 heavy (non-hydrogen) atoms. The van der Waals surface area contributed by atoms with Gasteiger partial charge in [0, 0.05) is 38.3 Å². The number of aromatic nitrogens is 1. The third-order valence-electron chi connectivity index (χ3n) is 4.63. The van der Waals surface area contributed by atoms with Gasteiger partial charge in [0.05, 0.1) is 12.2 Å². The molecule has 1 aromatic carbocycles. The standard InChI is InChI=1S/C19H26N4O2/c1-3-23(19(24)20-12-18-11-15(2)21-25-18)17-9-10-22(14-17)13-16-7-5-4-6-8-16/h4-8,11,17H,3,9-10,12-14H2,1-2H3,(H,20,24). The summed E-state index contributed by atoms with van der Waals surface area (Å²) in [6.07, 6.45) is 1.01. The quantitative estimate of drug-likeness (QED) is 0.877. The second kappa shape index (κ2) is 8.16. The van der Waals surface area contributed by atoms with Crippen LogP contribution >= 0.6 is 0 Å². The summed E-state index contributed by atoms with van der Waals surface area (Å²) < 4.78 is 5.15. The average Bonchev–Trinajstić information content (AvgIpc) is 3.24. The Morgan fingerprint density at radius 2 is 2.20 bits per heavy atom. The second-order valence-corrected chi connectivity index (χ2v) is 6.54. The van der Waals surface area contributed by atoms with E-state index in [0.717, 1.165) is 31.7 Å². The van der Waals surface area contributed by atoms with Gasteiger partial charge in [0.2, 0.25) is 0 Å². The Hall–Kier alpha value is -2.34. The van der Waals surface area contributed by atoms with Gasteiger partial charge >= 0.3 is 6.03 Å². The first kappa shape index (κ1) is 17.5. The molecule has 1 unspecified atom stereocenters. The van der Waals surface area contributed by atoms with Crippen molar-refractivity contribution in [2.45, 2.75) is 39.4 Å². The zero-order valence-corrected chi connectivity index (χ0v) is 14.9. The van der Waals surface area contributed by atoms with E-state index in [9.17, 15) is 4.79 Å². The predicted molar refractivity (Wildman–Crippen MR) is 96.0 cm³/mol. The van der Waals surface area contributed by atoms with Crippen molar-refractivity contribution in [3.05, 3.63) is 53.4 Å². The summed E-state index contributed by atoms with van der Waals surface area (Å²) in [5.41, 5.74) is 2.14. The van der Waals surface area contributed by atoms with Crippen molar-refractivity contribution in [1.29, 1.82) is 0 Å². The number of likely N-dealkylation sites (tertiary alicyclic amines) is 1. The molecule has 0 spiro atoms. The number of urea groups is 1. The molecule has 6 heteroatoms. The molecule has 1 saturated heterocycles. The monoisotopic (exact) mass is 342 g/mol. The molecule has 1 atom stereocenters. The van der Waals surface area contributed by atoms with Gasteiger partial charge in [-0.15, -0.1) is 0 Å². The highest BCUT2D eigenvalue weighted by molar-refractivity contribution is 5.74. The minimum atomic E-state index is -0.0388. The molecule has 2 heterocycles. The van der Waals surface area contributed by atoms with Crippen LogP contribution < -0.4 is 5.32 Å². The molecule has 0 saturated carbocycles. The molecule has 2 aromatic rings. The molecule has 6 nitrogen and oxygen atoms in total. The van der Waals surface area contributed by atoms with E-state index in [1.165, 1.54) is 5.56 Å². The van der Waals surface area contributed by atoms with Crippen LogP contribution in [0.1, 0.15) is 30.4 Å². The summed E-state index contributed by atoms with van der Waals surface area (Å²) in [6, 6.07) is 12.5. The van der Waals surface area contributed by atoms with Gasteiger partial charge in [-0.25, -0.2) is 4.79 Å². The molecule has 1 N–H and O–H groups in total. The maximum atomic E-state index is 12.5. The van der Waals surface area contributed by atoms with Crippen LogP contribution in [-0.2, 0) is 13.1 Å². The van der Waals surface area contributed by atoms with Crippen LogP contribution in [0.15, 0.2) is 40.9 Å². The van der Waals surface area contributed by atoms with E-state index in [1.807, 2.05) is 30.9 Å². The van der Waals surface area contributed by atoms with Crippen LogP contribution in [0.2, 0.25) is 0 Å². The Morgan fingerprint density at radius 3 is 2.88 bits per heavy atom. The Kier molecular flexibility index (Phi) is 5.71. The molecule has 1 aromatic heterocycles. The normalized spacial score (nSPS) is 17.6. The average molecular weight is 342 g/mol. The molecule has 134 valence electrons. The highest BCUT2D eigenvalue weighted by atomic mass is 16.5. The minimum Gasteiger partial charge on any atom is -0.359 e. The SMILES string of the molecule is CCN(C(=O)NCc1cc(C)no1)C1CCN(Cc2ccccc2)C1. The van der Waals surface area contributed by atoms with Gasteiger partial charge in [0.25, 0.3) is 0 Å². The Labute approximate surface area is 148 Å². The summed E-state index contributed by atoms with van der Waals surface area (Å²) in [5, 5.41) is 6.78. The zero-order chi connectivity index (χ0) is 17.6. The lowest BCUT2D eigenvalue weighted by Gasteiger charge is -2.28. The topological polar surface area (TPSA) is 61.6 Å². The number of hydrogen-bond acceptors (Lipinski definition) is 4. The Morgan fingerprint density at radius 1 is 1.40 bits per heavy atom. The van der Waals surface area contributed by atoms with Gasteiger partial charge < -0.3 is 14.7 Å². The van der Waals surface area contributed by atoms with E-state index in [4.69, 9.17) is 4.52 Å². The smallest absolute Gasteiger partial charge is 0.318 e. The van der Waals surface area contributed by atoms with Crippen LogP contribution in [0.5, 0.6) is 0 Å². The molecule has 1 fully saturated rings. The third kappa shape index (κ3) is 4.60. The first-order chi connectivity index (χ1) is 12.2. The molecular formula is C19H26N4O2. The maximum absolute atomic E-state index is 12.5. The molecule has 3 rings (SSSR count). The lowest BCUT2D eigenvalue weighted by molar-refractivity contribution is 0.175. The largest absolute Gasteiger partial charge is 0.359 e. The van der Waals surface area contributed by atoms with E-state index in [-0.39, 0.29) is 12.1 Å². The van der Waals surface area contributed by atoms with Gasteiger partial charge in [0.1, 0.15) is 0 Å². The summed E-state index contributed by atoms with van der Waals surface area (Å²) in [4.78, 5) is 16.9. The molecule has 1 aliphatic rings. The maximum Gasteiger partial charge on any atom is 0.318 e. The van der Waals surface area contributed by atoms with E-state index < -0.39 is 0 Å². The first-order valence-corrected chi connectivity index (χ1v) is 8.88. The van der Waals surface area contributed by atoms with E-state index in [2.05, 4.69) is 39.6 Å². The number of carbonyl (C=O) groups is 1.